The van der Waals surface area contributed by atoms with Gasteiger partial charge in [-0.3, -0.25) is 14.4 Å². The molecule has 0 amide bonds. The number of unbranched alkanes of at least 4 members (excludes halogenated alkanes) is 48. The molecular formula is C72H134O6. The second-order valence-electron chi connectivity index (χ2n) is 23.8. The van der Waals surface area contributed by atoms with Crippen molar-refractivity contribution < 1.29 is 28.6 Å². The number of allylic oxidation sites excluding steroid dienone is 6. The van der Waals surface area contributed by atoms with Gasteiger partial charge in [-0.2, -0.15) is 0 Å². The number of hydrogen-bond acceptors (Lipinski definition) is 6. The Hall–Kier alpha value is -2.37. The van der Waals surface area contributed by atoms with E-state index < -0.39 is 6.10 Å². The number of carbonyl (C=O) groups excluding carboxylic acids is 3. The van der Waals surface area contributed by atoms with Gasteiger partial charge in [-0.25, -0.2) is 0 Å². The fourth-order valence-electron chi connectivity index (χ4n) is 10.7. The summed E-state index contributed by atoms with van der Waals surface area (Å²) in [6.45, 7) is 6.58. The summed E-state index contributed by atoms with van der Waals surface area (Å²) in [4.78, 5) is 38.3. The molecule has 78 heavy (non-hydrogen) atoms. The summed E-state index contributed by atoms with van der Waals surface area (Å²) in [6, 6.07) is 0. The first-order chi connectivity index (χ1) is 38.5. The van der Waals surface area contributed by atoms with Crippen molar-refractivity contribution in [2.24, 2.45) is 0 Å². The third-order valence-corrected chi connectivity index (χ3v) is 15.9. The van der Waals surface area contributed by atoms with E-state index in [9.17, 15) is 14.4 Å². The lowest BCUT2D eigenvalue weighted by Gasteiger charge is -2.18. The Morgan fingerprint density at radius 3 is 0.782 bits per heavy atom. The highest BCUT2D eigenvalue weighted by atomic mass is 16.6. The van der Waals surface area contributed by atoms with Crippen molar-refractivity contribution in [3.8, 4) is 0 Å². The fraction of sp³-hybridized carbons (Fsp3) is 0.875. The lowest BCUT2D eigenvalue weighted by Crippen LogP contribution is -2.30. The molecule has 6 nitrogen and oxygen atoms in total. The van der Waals surface area contributed by atoms with Gasteiger partial charge in [-0.15, -0.1) is 0 Å². The lowest BCUT2D eigenvalue weighted by molar-refractivity contribution is -0.167. The number of hydrogen-bond donors (Lipinski definition) is 0. The van der Waals surface area contributed by atoms with E-state index in [-0.39, 0.29) is 31.1 Å². The second kappa shape index (κ2) is 67.1. The van der Waals surface area contributed by atoms with Crippen LogP contribution in [0.15, 0.2) is 36.5 Å². The van der Waals surface area contributed by atoms with Crippen LogP contribution in [0.1, 0.15) is 387 Å². The molecule has 0 aromatic heterocycles. The van der Waals surface area contributed by atoms with Gasteiger partial charge in [0, 0.05) is 19.3 Å². The van der Waals surface area contributed by atoms with Crippen LogP contribution in [-0.2, 0) is 28.6 Å². The van der Waals surface area contributed by atoms with Crippen LogP contribution in [0, 0.1) is 0 Å². The summed E-state index contributed by atoms with van der Waals surface area (Å²) < 4.78 is 16.9. The molecule has 0 rings (SSSR count). The van der Waals surface area contributed by atoms with Gasteiger partial charge in [0.1, 0.15) is 13.2 Å². The van der Waals surface area contributed by atoms with Crippen LogP contribution >= 0.6 is 0 Å². The van der Waals surface area contributed by atoms with Crippen LogP contribution in [-0.4, -0.2) is 37.2 Å². The molecule has 0 saturated carbocycles. The second-order valence-corrected chi connectivity index (χ2v) is 23.8. The molecule has 0 spiro atoms. The van der Waals surface area contributed by atoms with E-state index in [4.69, 9.17) is 14.2 Å². The Morgan fingerprint density at radius 2 is 0.500 bits per heavy atom. The lowest BCUT2D eigenvalue weighted by atomic mass is 10.0. The quantitative estimate of drug-likeness (QED) is 0.0261. The summed E-state index contributed by atoms with van der Waals surface area (Å²) in [5, 5.41) is 0. The van der Waals surface area contributed by atoms with Gasteiger partial charge in [0.2, 0.25) is 0 Å². The maximum Gasteiger partial charge on any atom is 0.306 e. The first-order valence-corrected chi connectivity index (χ1v) is 35.0. The molecule has 0 fully saturated rings. The Labute approximate surface area is 486 Å². The van der Waals surface area contributed by atoms with Crippen molar-refractivity contribution in [3.63, 3.8) is 0 Å². The van der Waals surface area contributed by atoms with Crippen molar-refractivity contribution in [3.05, 3.63) is 36.5 Å². The summed E-state index contributed by atoms with van der Waals surface area (Å²) in [5.74, 6) is -0.857. The van der Waals surface area contributed by atoms with E-state index in [1.807, 2.05) is 0 Å². The van der Waals surface area contributed by atoms with E-state index in [1.54, 1.807) is 0 Å². The molecule has 1 atom stereocenters. The zero-order chi connectivity index (χ0) is 56.4. The molecular weight excluding hydrogens is 961 g/mol. The number of esters is 3. The molecule has 0 heterocycles. The molecule has 458 valence electrons. The first-order valence-electron chi connectivity index (χ1n) is 35.0. The van der Waals surface area contributed by atoms with Gasteiger partial charge >= 0.3 is 17.9 Å². The fourth-order valence-corrected chi connectivity index (χ4v) is 10.7. The van der Waals surface area contributed by atoms with Crippen LogP contribution in [0.3, 0.4) is 0 Å². The van der Waals surface area contributed by atoms with Gasteiger partial charge in [0.25, 0.3) is 0 Å². The summed E-state index contributed by atoms with van der Waals surface area (Å²) >= 11 is 0. The predicted octanol–water partition coefficient (Wildman–Crippen LogP) is 23.9. The van der Waals surface area contributed by atoms with E-state index in [2.05, 4.69) is 57.2 Å². The Bertz CT molecular complexity index is 1300. The molecule has 6 heteroatoms. The highest BCUT2D eigenvalue weighted by Gasteiger charge is 2.19. The normalized spacial score (nSPS) is 12.2. The van der Waals surface area contributed by atoms with Crippen LogP contribution in [0.4, 0.5) is 0 Å². The third kappa shape index (κ3) is 64.5. The van der Waals surface area contributed by atoms with Crippen LogP contribution in [0.2, 0.25) is 0 Å². The summed E-state index contributed by atoms with van der Waals surface area (Å²) in [6.07, 6.45) is 83.4. The molecule has 0 radical (unpaired) electrons. The van der Waals surface area contributed by atoms with Gasteiger partial charge in [-0.1, -0.05) is 353 Å². The Morgan fingerprint density at radius 1 is 0.269 bits per heavy atom. The summed E-state index contributed by atoms with van der Waals surface area (Å²) in [7, 11) is 0. The average molecular weight is 1100 g/mol. The molecule has 0 saturated heterocycles. The van der Waals surface area contributed by atoms with Crippen LogP contribution in [0.25, 0.3) is 0 Å². The minimum absolute atomic E-state index is 0.0710. The molecule has 0 N–H and O–H groups in total. The molecule has 1 unspecified atom stereocenters. The standard InChI is InChI=1S/C72H134O6/c1-4-7-10-13-16-19-22-24-26-28-29-30-31-32-33-34-35-36-37-38-39-40-41-42-44-45-47-50-53-56-59-62-65-71(74)77-68-69(67-76-70(73)64-61-58-55-52-49-21-18-15-12-9-6-3)78-72(75)66-63-60-57-54-51-48-46-43-27-25-23-20-17-14-11-8-5-2/h8,11,17,20,25,27,69H,4-7,9-10,12-16,18-19,21-24,26,28-68H2,1-3H3/b11-8-,20-17-,27-25-. The smallest absolute Gasteiger partial charge is 0.306 e. The Balaban J connectivity index is 4.07. The zero-order valence-corrected chi connectivity index (χ0v) is 52.7. The van der Waals surface area contributed by atoms with Crippen molar-refractivity contribution in [1.82, 2.24) is 0 Å². The van der Waals surface area contributed by atoms with Gasteiger partial charge in [0.05, 0.1) is 0 Å². The third-order valence-electron chi connectivity index (χ3n) is 15.9. The minimum Gasteiger partial charge on any atom is -0.462 e. The maximum absolute atomic E-state index is 12.9. The monoisotopic (exact) mass is 1100 g/mol. The largest absolute Gasteiger partial charge is 0.462 e. The van der Waals surface area contributed by atoms with E-state index in [1.165, 1.54) is 263 Å². The Kier molecular flexibility index (Phi) is 65.1. The molecule has 0 aliphatic rings. The van der Waals surface area contributed by atoms with E-state index >= 15 is 0 Å². The van der Waals surface area contributed by atoms with E-state index in [0.717, 1.165) is 83.5 Å². The molecule has 0 bridgehead atoms. The average Bonchev–Trinajstić information content (AvgIpc) is 3.44. The molecule has 0 aliphatic carbocycles. The molecule has 0 aromatic carbocycles. The number of carbonyl (C=O) groups is 3. The predicted molar refractivity (Wildman–Crippen MR) is 339 cm³/mol. The first kappa shape index (κ1) is 75.6. The zero-order valence-electron chi connectivity index (χ0n) is 52.7. The maximum atomic E-state index is 12.9. The minimum atomic E-state index is -0.774. The van der Waals surface area contributed by atoms with E-state index in [0.29, 0.717) is 19.3 Å². The van der Waals surface area contributed by atoms with Crippen LogP contribution < -0.4 is 0 Å². The number of ether oxygens (including phenoxy) is 3. The van der Waals surface area contributed by atoms with Crippen molar-refractivity contribution in [1.29, 1.82) is 0 Å². The topological polar surface area (TPSA) is 78.9 Å². The molecule has 0 aliphatic heterocycles. The van der Waals surface area contributed by atoms with Crippen LogP contribution in [0.5, 0.6) is 0 Å². The van der Waals surface area contributed by atoms with Crippen molar-refractivity contribution >= 4 is 17.9 Å². The van der Waals surface area contributed by atoms with Crippen molar-refractivity contribution in [2.75, 3.05) is 13.2 Å². The van der Waals surface area contributed by atoms with Gasteiger partial charge in [-0.05, 0) is 51.4 Å². The number of rotatable bonds is 65. The summed E-state index contributed by atoms with van der Waals surface area (Å²) in [5.41, 5.74) is 0. The van der Waals surface area contributed by atoms with Crippen molar-refractivity contribution in [2.45, 2.75) is 393 Å². The SMILES string of the molecule is CC/C=C\C/C=C\C/C=C\CCCCCCCCCC(=O)OC(COC(=O)CCCCCCCCCCCCC)COC(=O)CCCCCCCCCCCCCCCCCCCCCCCCCCCCCCCCCC. The van der Waals surface area contributed by atoms with Gasteiger partial charge in [0.15, 0.2) is 6.10 Å². The van der Waals surface area contributed by atoms with Gasteiger partial charge < -0.3 is 14.2 Å². The molecule has 0 aromatic rings. The highest BCUT2D eigenvalue weighted by Crippen LogP contribution is 2.19. The highest BCUT2D eigenvalue weighted by molar-refractivity contribution is 5.71.